The number of hydrogen-bond donors (Lipinski definition) is 1. The Kier molecular flexibility index (Phi) is 6.05. The summed E-state index contributed by atoms with van der Waals surface area (Å²) in [7, 11) is -3.50. The molecule has 0 unspecified atom stereocenters. The zero-order valence-corrected chi connectivity index (χ0v) is 20.2. The van der Waals surface area contributed by atoms with Crippen molar-refractivity contribution in [1.82, 2.24) is 29.5 Å². The molecule has 0 radical (unpaired) electrons. The van der Waals surface area contributed by atoms with Crippen molar-refractivity contribution >= 4 is 32.8 Å². The molecule has 0 saturated carbocycles. The number of rotatable bonds is 6. The molecule has 1 aliphatic rings. The molecule has 0 spiro atoms. The van der Waals surface area contributed by atoms with Gasteiger partial charge in [-0.3, -0.25) is 4.40 Å². The maximum Gasteiger partial charge on any atom is 0.225 e. The summed E-state index contributed by atoms with van der Waals surface area (Å²) in [5.74, 6) is 1.03. The van der Waals surface area contributed by atoms with Gasteiger partial charge in [0.25, 0.3) is 0 Å². The first kappa shape index (κ1) is 23.1. The van der Waals surface area contributed by atoms with Crippen molar-refractivity contribution in [2.45, 2.75) is 37.0 Å². The molecule has 10 nitrogen and oxygen atoms in total. The molecule has 1 saturated heterocycles. The first-order valence-corrected chi connectivity index (χ1v) is 13.2. The molecule has 0 bridgehead atoms. The molecule has 1 N–H and O–H groups in total. The number of fused-ring (bicyclic) bond motifs is 1. The van der Waals surface area contributed by atoms with Gasteiger partial charge in [0, 0.05) is 37.7 Å². The van der Waals surface area contributed by atoms with Crippen molar-refractivity contribution in [2.75, 3.05) is 29.6 Å². The predicted octanol–water partition coefficient (Wildman–Crippen LogP) is 3.15. The van der Waals surface area contributed by atoms with Crippen LogP contribution in [0, 0.1) is 5.82 Å². The maximum absolute atomic E-state index is 14.6. The van der Waals surface area contributed by atoms with E-state index < -0.39 is 15.7 Å². The Hall–Kier alpha value is -3.67. The number of sulfone groups is 1. The standard InChI is InChI=1S/C23H25FN8O2S/c1-3-15-11-26-23(27-12-15)31-8-6-16(7-9-31)21-29-30-22-20(13-25-14-32(21)22)28-19-5-4-17(10-18(19)24)35(2,33)34/h4-5,10-14,16,28H,3,6-9H2,1-2H3. The van der Waals surface area contributed by atoms with Crippen LogP contribution in [0.15, 0.2) is 48.0 Å². The zero-order valence-electron chi connectivity index (χ0n) is 19.4. The Morgan fingerprint density at radius 1 is 1.09 bits per heavy atom. The Morgan fingerprint density at radius 3 is 2.49 bits per heavy atom. The highest BCUT2D eigenvalue weighted by atomic mass is 32.2. The summed E-state index contributed by atoms with van der Waals surface area (Å²) < 4.78 is 39.8. The number of benzene rings is 1. The number of aromatic nitrogens is 6. The van der Waals surface area contributed by atoms with E-state index in [2.05, 4.69) is 42.3 Å². The summed E-state index contributed by atoms with van der Waals surface area (Å²) >= 11 is 0. The topological polar surface area (TPSA) is 118 Å². The molecule has 4 aromatic rings. The number of nitrogens with zero attached hydrogens (tertiary/aromatic N) is 7. The van der Waals surface area contributed by atoms with Crippen LogP contribution in [0.25, 0.3) is 5.65 Å². The van der Waals surface area contributed by atoms with Crippen molar-refractivity contribution in [3.63, 3.8) is 0 Å². The van der Waals surface area contributed by atoms with Gasteiger partial charge >= 0.3 is 0 Å². The van der Waals surface area contributed by atoms with Gasteiger partial charge in [0.05, 0.1) is 16.8 Å². The van der Waals surface area contributed by atoms with Crippen LogP contribution in [0.4, 0.5) is 21.7 Å². The highest BCUT2D eigenvalue weighted by Crippen LogP contribution is 2.30. The lowest BCUT2D eigenvalue weighted by atomic mass is 9.96. The van der Waals surface area contributed by atoms with E-state index in [1.165, 1.54) is 18.3 Å². The van der Waals surface area contributed by atoms with E-state index in [0.29, 0.717) is 11.3 Å². The van der Waals surface area contributed by atoms with Crippen LogP contribution in [-0.4, -0.2) is 57.3 Å². The minimum absolute atomic E-state index is 0.0836. The minimum Gasteiger partial charge on any atom is -0.349 e. The molecular formula is C23H25FN8O2S. The Bertz CT molecular complexity index is 1460. The van der Waals surface area contributed by atoms with Crippen molar-refractivity contribution in [1.29, 1.82) is 0 Å². The van der Waals surface area contributed by atoms with Gasteiger partial charge in [-0.05, 0) is 43.0 Å². The third kappa shape index (κ3) is 4.65. The molecule has 0 atom stereocenters. The van der Waals surface area contributed by atoms with Crippen LogP contribution in [0.5, 0.6) is 0 Å². The second-order valence-corrected chi connectivity index (χ2v) is 10.6. The van der Waals surface area contributed by atoms with Gasteiger partial charge in [-0.1, -0.05) is 6.92 Å². The zero-order chi connectivity index (χ0) is 24.6. The minimum atomic E-state index is -3.50. The van der Waals surface area contributed by atoms with Crippen LogP contribution in [-0.2, 0) is 16.3 Å². The fourth-order valence-electron chi connectivity index (χ4n) is 4.20. The van der Waals surface area contributed by atoms with Crippen molar-refractivity contribution < 1.29 is 12.8 Å². The van der Waals surface area contributed by atoms with E-state index in [-0.39, 0.29) is 16.5 Å². The summed E-state index contributed by atoms with van der Waals surface area (Å²) in [6.07, 6.45) is 10.6. The SMILES string of the molecule is CCc1cnc(N2CCC(c3nnc4c(Nc5ccc(S(C)(=O)=O)cc5F)cncn34)CC2)nc1. The molecule has 1 aromatic carbocycles. The maximum atomic E-state index is 14.6. The molecule has 35 heavy (non-hydrogen) atoms. The highest BCUT2D eigenvalue weighted by Gasteiger charge is 2.26. The number of piperidine rings is 1. The fraction of sp³-hybridized carbons (Fsp3) is 0.348. The monoisotopic (exact) mass is 496 g/mol. The predicted molar refractivity (Wildman–Crippen MR) is 129 cm³/mol. The van der Waals surface area contributed by atoms with Crippen molar-refractivity contribution in [3.8, 4) is 0 Å². The number of halogens is 1. The van der Waals surface area contributed by atoms with E-state index in [1.807, 2.05) is 16.8 Å². The second kappa shape index (κ2) is 9.17. The number of anilines is 3. The van der Waals surface area contributed by atoms with E-state index >= 15 is 0 Å². The van der Waals surface area contributed by atoms with Crippen LogP contribution in [0.3, 0.4) is 0 Å². The highest BCUT2D eigenvalue weighted by molar-refractivity contribution is 7.90. The summed E-state index contributed by atoms with van der Waals surface area (Å²) in [6, 6.07) is 3.74. The molecule has 1 aliphatic heterocycles. The molecule has 0 amide bonds. The molecule has 4 heterocycles. The quantitative estimate of drug-likeness (QED) is 0.429. The van der Waals surface area contributed by atoms with Crippen molar-refractivity contribution in [2.24, 2.45) is 0 Å². The third-order valence-corrected chi connectivity index (χ3v) is 7.34. The average molecular weight is 497 g/mol. The van der Waals surface area contributed by atoms with E-state index in [1.54, 1.807) is 6.33 Å². The third-order valence-electron chi connectivity index (χ3n) is 6.23. The first-order valence-electron chi connectivity index (χ1n) is 11.3. The Morgan fingerprint density at radius 2 is 1.83 bits per heavy atom. The second-order valence-electron chi connectivity index (χ2n) is 8.60. The van der Waals surface area contributed by atoms with Crippen molar-refractivity contribution in [3.05, 3.63) is 60.3 Å². The van der Waals surface area contributed by atoms with E-state index in [9.17, 15) is 12.8 Å². The largest absolute Gasteiger partial charge is 0.349 e. The van der Waals surface area contributed by atoms with Crippen LogP contribution in [0.1, 0.15) is 37.1 Å². The lowest BCUT2D eigenvalue weighted by molar-refractivity contribution is 0.477. The van der Waals surface area contributed by atoms with Crippen LogP contribution >= 0.6 is 0 Å². The average Bonchev–Trinajstić information content (AvgIpc) is 3.30. The molecule has 5 rings (SSSR count). The lowest BCUT2D eigenvalue weighted by Gasteiger charge is -2.31. The van der Waals surface area contributed by atoms with Gasteiger partial charge in [0.2, 0.25) is 5.95 Å². The lowest BCUT2D eigenvalue weighted by Crippen LogP contribution is -2.34. The number of aryl methyl sites for hydroxylation is 1. The Balaban J connectivity index is 1.34. The fourth-order valence-corrected chi connectivity index (χ4v) is 4.84. The van der Waals surface area contributed by atoms with Gasteiger partial charge in [-0.25, -0.2) is 27.8 Å². The molecular weight excluding hydrogens is 471 g/mol. The van der Waals surface area contributed by atoms with Crippen LogP contribution in [0.2, 0.25) is 0 Å². The summed E-state index contributed by atoms with van der Waals surface area (Å²) in [6.45, 7) is 3.68. The van der Waals surface area contributed by atoms with E-state index in [0.717, 1.165) is 62.0 Å². The molecule has 12 heteroatoms. The molecule has 1 fully saturated rings. The normalized spacial score (nSPS) is 15.0. The van der Waals surface area contributed by atoms with E-state index in [4.69, 9.17) is 0 Å². The molecule has 3 aromatic heterocycles. The first-order chi connectivity index (χ1) is 16.8. The summed E-state index contributed by atoms with van der Waals surface area (Å²) in [4.78, 5) is 15.3. The van der Waals surface area contributed by atoms with Gasteiger partial charge < -0.3 is 10.2 Å². The number of hydrogen-bond acceptors (Lipinski definition) is 9. The summed E-state index contributed by atoms with van der Waals surface area (Å²) in [5.41, 5.74) is 2.22. The van der Waals surface area contributed by atoms with Gasteiger partial charge in [-0.15, -0.1) is 10.2 Å². The van der Waals surface area contributed by atoms with Gasteiger partial charge in [-0.2, -0.15) is 0 Å². The van der Waals surface area contributed by atoms with Gasteiger partial charge in [0.1, 0.15) is 23.7 Å². The Labute approximate surface area is 202 Å². The molecule has 182 valence electrons. The number of nitrogens with one attached hydrogen (secondary N) is 1. The summed E-state index contributed by atoms with van der Waals surface area (Å²) in [5, 5.41) is 11.7. The van der Waals surface area contributed by atoms with Gasteiger partial charge in [0.15, 0.2) is 15.5 Å². The molecule has 0 aliphatic carbocycles. The van der Waals surface area contributed by atoms with Crippen LogP contribution < -0.4 is 10.2 Å². The smallest absolute Gasteiger partial charge is 0.225 e.